The molecule has 0 radical (unpaired) electrons. The van der Waals surface area contributed by atoms with Crippen molar-refractivity contribution in [1.29, 1.82) is 0 Å². The Hall–Kier alpha value is -3.87. The third-order valence-corrected chi connectivity index (χ3v) is 3.97. The van der Waals surface area contributed by atoms with E-state index < -0.39 is 11.8 Å². The SMILES string of the molecule is Cc1ccc(COc2cccc(/C=N\NC(=O)C(=O)NCc3ccco3)c2)cc1. The van der Waals surface area contributed by atoms with Crippen molar-refractivity contribution in [1.82, 2.24) is 10.7 Å². The van der Waals surface area contributed by atoms with Gasteiger partial charge in [0.15, 0.2) is 0 Å². The molecule has 0 saturated heterocycles. The molecule has 0 aliphatic heterocycles. The first-order valence-electron chi connectivity index (χ1n) is 9.02. The number of benzene rings is 2. The fourth-order valence-corrected chi connectivity index (χ4v) is 2.41. The van der Waals surface area contributed by atoms with Gasteiger partial charge in [0, 0.05) is 0 Å². The Kier molecular flexibility index (Phi) is 6.78. The molecule has 0 spiro atoms. The van der Waals surface area contributed by atoms with Crippen LogP contribution in [0.5, 0.6) is 5.75 Å². The normalized spacial score (nSPS) is 10.7. The van der Waals surface area contributed by atoms with Gasteiger partial charge in [-0.15, -0.1) is 0 Å². The van der Waals surface area contributed by atoms with E-state index in [1.807, 2.05) is 49.4 Å². The summed E-state index contributed by atoms with van der Waals surface area (Å²) in [6.07, 6.45) is 2.93. The van der Waals surface area contributed by atoms with Crippen LogP contribution in [0.2, 0.25) is 0 Å². The highest BCUT2D eigenvalue weighted by molar-refractivity contribution is 6.35. The van der Waals surface area contributed by atoms with Crippen LogP contribution in [0.25, 0.3) is 0 Å². The number of carbonyl (C=O) groups is 2. The van der Waals surface area contributed by atoms with Crippen molar-refractivity contribution in [2.75, 3.05) is 0 Å². The van der Waals surface area contributed by atoms with Crippen LogP contribution in [-0.4, -0.2) is 18.0 Å². The number of ether oxygens (including phenoxy) is 1. The van der Waals surface area contributed by atoms with E-state index in [1.54, 1.807) is 18.2 Å². The number of amides is 2. The molecule has 0 bridgehead atoms. The number of nitrogens with one attached hydrogen (secondary N) is 2. The maximum Gasteiger partial charge on any atom is 0.329 e. The van der Waals surface area contributed by atoms with Gasteiger partial charge in [0.1, 0.15) is 18.1 Å². The smallest absolute Gasteiger partial charge is 0.329 e. The number of rotatable bonds is 7. The van der Waals surface area contributed by atoms with Crippen LogP contribution < -0.4 is 15.5 Å². The minimum absolute atomic E-state index is 0.128. The van der Waals surface area contributed by atoms with Gasteiger partial charge in [-0.05, 0) is 42.3 Å². The van der Waals surface area contributed by atoms with E-state index in [2.05, 4.69) is 15.8 Å². The average molecular weight is 391 g/mol. The van der Waals surface area contributed by atoms with Gasteiger partial charge >= 0.3 is 11.8 Å². The Bertz CT molecular complexity index is 980. The summed E-state index contributed by atoms with van der Waals surface area (Å²) in [5.41, 5.74) is 5.18. The minimum atomic E-state index is -0.861. The highest BCUT2D eigenvalue weighted by Crippen LogP contribution is 2.14. The van der Waals surface area contributed by atoms with E-state index in [9.17, 15) is 9.59 Å². The second-order valence-electron chi connectivity index (χ2n) is 6.31. The summed E-state index contributed by atoms with van der Waals surface area (Å²) in [5, 5.41) is 6.25. The Balaban J connectivity index is 1.47. The van der Waals surface area contributed by atoms with Crippen molar-refractivity contribution in [3.05, 3.63) is 89.4 Å². The molecule has 0 aliphatic carbocycles. The second kappa shape index (κ2) is 9.89. The fourth-order valence-electron chi connectivity index (χ4n) is 2.41. The number of furan rings is 1. The van der Waals surface area contributed by atoms with E-state index >= 15 is 0 Å². The predicted octanol–water partition coefficient (Wildman–Crippen LogP) is 2.93. The third-order valence-electron chi connectivity index (χ3n) is 3.97. The zero-order valence-corrected chi connectivity index (χ0v) is 15.9. The summed E-state index contributed by atoms with van der Waals surface area (Å²) in [6.45, 7) is 2.62. The van der Waals surface area contributed by atoms with Crippen molar-refractivity contribution in [3.63, 3.8) is 0 Å². The molecule has 0 aliphatic rings. The van der Waals surface area contributed by atoms with E-state index in [-0.39, 0.29) is 6.54 Å². The lowest BCUT2D eigenvalue weighted by Gasteiger charge is -2.07. The van der Waals surface area contributed by atoms with Crippen LogP contribution in [-0.2, 0) is 22.7 Å². The van der Waals surface area contributed by atoms with E-state index in [4.69, 9.17) is 9.15 Å². The minimum Gasteiger partial charge on any atom is -0.489 e. The molecule has 0 atom stereocenters. The van der Waals surface area contributed by atoms with E-state index in [0.717, 1.165) is 11.1 Å². The quantitative estimate of drug-likeness (QED) is 0.368. The maximum absolute atomic E-state index is 11.8. The standard InChI is InChI=1S/C22H21N3O4/c1-16-7-9-17(10-8-16)15-29-19-5-2-4-18(12-19)13-24-25-22(27)21(26)23-14-20-6-3-11-28-20/h2-13H,14-15H2,1H3,(H,23,26)(H,25,27)/b24-13-. The Morgan fingerprint density at radius 3 is 2.66 bits per heavy atom. The van der Waals surface area contributed by atoms with Gasteiger partial charge < -0.3 is 14.5 Å². The molecule has 0 saturated carbocycles. The van der Waals surface area contributed by atoms with Gasteiger partial charge in [0.2, 0.25) is 0 Å². The largest absolute Gasteiger partial charge is 0.489 e. The fraction of sp³-hybridized carbons (Fsp3) is 0.136. The summed E-state index contributed by atoms with van der Waals surface area (Å²) in [4.78, 5) is 23.5. The number of aryl methyl sites for hydroxylation is 1. The Morgan fingerprint density at radius 2 is 1.90 bits per heavy atom. The van der Waals surface area contributed by atoms with Crippen LogP contribution in [0.15, 0.2) is 76.4 Å². The number of hydrogen-bond acceptors (Lipinski definition) is 5. The Morgan fingerprint density at radius 1 is 1.07 bits per heavy atom. The summed E-state index contributed by atoms with van der Waals surface area (Å²) < 4.78 is 10.9. The first kappa shape index (κ1) is 19.9. The monoisotopic (exact) mass is 391 g/mol. The molecule has 2 aromatic carbocycles. The zero-order valence-electron chi connectivity index (χ0n) is 15.9. The van der Waals surface area contributed by atoms with Gasteiger partial charge in [0.25, 0.3) is 0 Å². The number of carbonyl (C=O) groups excluding carboxylic acids is 2. The van der Waals surface area contributed by atoms with Gasteiger partial charge in [-0.25, -0.2) is 5.43 Å². The summed E-state index contributed by atoms with van der Waals surface area (Å²) >= 11 is 0. The lowest BCUT2D eigenvalue weighted by molar-refractivity contribution is -0.139. The second-order valence-corrected chi connectivity index (χ2v) is 6.31. The molecule has 0 fully saturated rings. The van der Waals surface area contributed by atoms with Gasteiger partial charge in [-0.2, -0.15) is 5.10 Å². The van der Waals surface area contributed by atoms with Crippen LogP contribution in [0.3, 0.4) is 0 Å². The van der Waals surface area contributed by atoms with Crippen molar-refractivity contribution >= 4 is 18.0 Å². The molecule has 2 amide bonds. The number of hydrogen-bond donors (Lipinski definition) is 2. The highest BCUT2D eigenvalue weighted by Gasteiger charge is 2.12. The van der Waals surface area contributed by atoms with Crippen molar-refractivity contribution in [2.24, 2.45) is 5.10 Å². The molecule has 148 valence electrons. The topological polar surface area (TPSA) is 92.9 Å². The lowest BCUT2D eigenvalue weighted by Crippen LogP contribution is -2.37. The van der Waals surface area contributed by atoms with Crippen LogP contribution in [0.4, 0.5) is 0 Å². The van der Waals surface area contributed by atoms with Gasteiger partial charge in [-0.1, -0.05) is 42.0 Å². The number of hydrazone groups is 1. The molecule has 0 unspecified atom stereocenters. The molecule has 2 N–H and O–H groups in total. The molecular weight excluding hydrogens is 370 g/mol. The van der Waals surface area contributed by atoms with Crippen LogP contribution in [0.1, 0.15) is 22.5 Å². The van der Waals surface area contributed by atoms with E-state index in [1.165, 1.54) is 18.0 Å². The predicted molar refractivity (Wildman–Crippen MR) is 108 cm³/mol. The van der Waals surface area contributed by atoms with Crippen LogP contribution >= 0.6 is 0 Å². The molecule has 7 nitrogen and oxygen atoms in total. The summed E-state index contributed by atoms with van der Waals surface area (Å²) in [6, 6.07) is 18.8. The van der Waals surface area contributed by atoms with Crippen molar-refractivity contribution in [3.8, 4) is 5.75 Å². The first-order chi connectivity index (χ1) is 14.1. The zero-order chi connectivity index (χ0) is 20.5. The molecule has 7 heteroatoms. The lowest BCUT2D eigenvalue weighted by atomic mass is 10.2. The molecular formula is C22H21N3O4. The molecule has 3 rings (SSSR count). The van der Waals surface area contributed by atoms with Crippen LogP contribution in [0, 0.1) is 6.92 Å². The van der Waals surface area contributed by atoms with Crippen molar-refractivity contribution < 1.29 is 18.7 Å². The summed E-state index contributed by atoms with van der Waals surface area (Å²) in [7, 11) is 0. The van der Waals surface area contributed by atoms with Crippen molar-refractivity contribution in [2.45, 2.75) is 20.1 Å². The molecule has 29 heavy (non-hydrogen) atoms. The maximum atomic E-state index is 11.8. The van der Waals surface area contributed by atoms with Gasteiger partial charge in [-0.3, -0.25) is 9.59 Å². The van der Waals surface area contributed by atoms with E-state index in [0.29, 0.717) is 18.1 Å². The van der Waals surface area contributed by atoms with Gasteiger partial charge in [0.05, 0.1) is 19.0 Å². The number of nitrogens with zero attached hydrogens (tertiary/aromatic N) is 1. The Labute approximate surface area is 168 Å². The highest BCUT2D eigenvalue weighted by atomic mass is 16.5. The average Bonchev–Trinajstić information content (AvgIpc) is 3.25. The molecule has 1 heterocycles. The molecule has 1 aromatic heterocycles. The third kappa shape index (κ3) is 6.35. The molecule has 3 aromatic rings. The first-order valence-corrected chi connectivity index (χ1v) is 9.02. The summed E-state index contributed by atoms with van der Waals surface area (Å²) in [5.74, 6) is -0.428.